The molecule has 92 valence electrons. The summed E-state index contributed by atoms with van der Waals surface area (Å²) < 4.78 is 5.24. The highest BCUT2D eigenvalue weighted by atomic mass is 16.5. The summed E-state index contributed by atoms with van der Waals surface area (Å²) >= 11 is 0. The number of nitrogens with zero attached hydrogens (tertiary/aromatic N) is 2. The number of hydrogen-bond acceptors (Lipinski definition) is 4. The minimum atomic E-state index is 0.203. The first-order chi connectivity index (χ1) is 7.44. The zero-order valence-electron chi connectivity index (χ0n) is 11.0. The summed E-state index contributed by atoms with van der Waals surface area (Å²) in [6.45, 7) is 8.66. The van der Waals surface area contributed by atoms with Crippen molar-refractivity contribution < 1.29 is 4.52 Å². The lowest BCUT2D eigenvalue weighted by Crippen LogP contribution is -2.26. The molecule has 0 spiro atoms. The lowest BCUT2D eigenvalue weighted by Gasteiger charge is -2.14. The standard InChI is InChI=1S/C12H23N3O/c1-6-9(13-5)7-11-14-10(15-16-11)8-12(2,3)4/h9,13H,6-8H2,1-5H3. The number of nitrogens with one attached hydrogen (secondary N) is 1. The second-order valence-electron chi connectivity index (χ2n) is 5.44. The minimum absolute atomic E-state index is 0.203. The molecule has 0 aliphatic heterocycles. The molecule has 0 fully saturated rings. The van der Waals surface area contributed by atoms with E-state index >= 15 is 0 Å². The summed E-state index contributed by atoms with van der Waals surface area (Å²) in [5.74, 6) is 1.55. The first-order valence-electron chi connectivity index (χ1n) is 5.93. The molecule has 16 heavy (non-hydrogen) atoms. The molecule has 1 aromatic heterocycles. The van der Waals surface area contributed by atoms with E-state index in [1.165, 1.54) is 0 Å². The van der Waals surface area contributed by atoms with E-state index in [9.17, 15) is 0 Å². The normalized spacial score (nSPS) is 14.1. The monoisotopic (exact) mass is 225 g/mol. The number of aromatic nitrogens is 2. The SMILES string of the molecule is CCC(Cc1nc(CC(C)(C)C)no1)NC. The van der Waals surface area contributed by atoms with E-state index in [1.807, 2.05) is 7.05 Å². The molecule has 0 saturated carbocycles. The van der Waals surface area contributed by atoms with Crippen molar-refractivity contribution in [2.24, 2.45) is 5.41 Å². The first-order valence-corrected chi connectivity index (χ1v) is 5.93. The van der Waals surface area contributed by atoms with Gasteiger partial charge in [0.15, 0.2) is 5.82 Å². The van der Waals surface area contributed by atoms with Crippen molar-refractivity contribution in [3.63, 3.8) is 0 Å². The molecule has 0 bridgehead atoms. The Morgan fingerprint density at radius 2 is 2.06 bits per heavy atom. The summed E-state index contributed by atoms with van der Waals surface area (Å²) in [5, 5.41) is 7.24. The topological polar surface area (TPSA) is 51.0 Å². The molecule has 1 unspecified atom stereocenters. The van der Waals surface area contributed by atoms with Gasteiger partial charge in [0.1, 0.15) is 0 Å². The average molecular weight is 225 g/mol. The van der Waals surface area contributed by atoms with Gasteiger partial charge < -0.3 is 9.84 Å². The molecule has 0 amide bonds. The van der Waals surface area contributed by atoms with Crippen LogP contribution in [-0.4, -0.2) is 23.2 Å². The largest absolute Gasteiger partial charge is 0.339 e. The fraction of sp³-hybridized carbons (Fsp3) is 0.833. The molecule has 1 heterocycles. The maximum absolute atomic E-state index is 5.24. The summed E-state index contributed by atoms with van der Waals surface area (Å²) in [7, 11) is 1.96. The predicted octanol–water partition coefficient (Wildman–Crippen LogP) is 2.20. The van der Waals surface area contributed by atoms with Crippen LogP contribution in [0.1, 0.15) is 45.8 Å². The fourth-order valence-electron chi connectivity index (χ4n) is 1.58. The van der Waals surface area contributed by atoms with E-state index in [4.69, 9.17) is 4.52 Å². The second kappa shape index (κ2) is 5.43. The minimum Gasteiger partial charge on any atom is -0.339 e. The lowest BCUT2D eigenvalue weighted by molar-refractivity contribution is 0.343. The third-order valence-corrected chi connectivity index (χ3v) is 2.52. The highest BCUT2D eigenvalue weighted by Gasteiger charge is 2.17. The first kappa shape index (κ1) is 13.2. The molecular formula is C12H23N3O. The third-order valence-electron chi connectivity index (χ3n) is 2.52. The van der Waals surface area contributed by atoms with E-state index < -0.39 is 0 Å². The molecule has 0 aromatic carbocycles. The molecule has 0 saturated heterocycles. The van der Waals surface area contributed by atoms with Gasteiger partial charge in [0, 0.05) is 18.9 Å². The molecule has 0 aliphatic carbocycles. The Balaban J connectivity index is 2.57. The van der Waals surface area contributed by atoms with Crippen molar-refractivity contribution >= 4 is 0 Å². The predicted molar refractivity (Wildman–Crippen MR) is 64.3 cm³/mol. The van der Waals surface area contributed by atoms with E-state index in [-0.39, 0.29) is 5.41 Å². The van der Waals surface area contributed by atoms with Gasteiger partial charge in [-0.3, -0.25) is 0 Å². The van der Waals surface area contributed by atoms with Gasteiger partial charge in [-0.2, -0.15) is 4.98 Å². The van der Waals surface area contributed by atoms with Crippen LogP contribution >= 0.6 is 0 Å². The second-order valence-corrected chi connectivity index (χ2v) is 5.44. The van der Waals surface area contributed by atoms with Crippen molar-refractivity contribution in [1.29, 1.82) is 0 Å². The van der Waals surface area contributed by atoms with Gasteiger partial charge in [-0.05, 0) is 18.9 Å². The van der Waals surface area contributed by atoms with Crippen LogP contribution < -0.4 is 5.32 Å². The van der Waals surface area contributed by atoms with Crippen LogP contribution in [0.25, 0.3) is 0 Å². The van der Waals surface area contributed by atoms with Crippen molar-refractivity contribution in [3.8, 4) is 0 Å². The number of hydrogen-bond donors (Lipinski definition) is 1. The van der Waals surface area contributed by atoms with Gasteiger partial charge in [-0.15, -0.1) is 0 Å². The van der Waals surface area contributed by atoms with Crippen molar-refractivity contribution in [2.75, 3.05) is 7.05 Å². The van der Waals surface area contributed by atoms with Gasteiger partial charge in [-0.25, -0.2) is 0 Å². The van der Waals surface area contributed by atoms with Gasteiger partial charge in [0.05, 0.1) is 0 Å². The summed E-state index contributed by atoms with van der Waals surface area (Å²) in [6.07, 6.45) is 2.73. The van der Waals surface area contributed by atoms with Gasteiger partial charge in [0.2, 0.25) is 5.89 Å². The molecule has 0 aliphatic rings. The summed E-state index contributed by atoms with van der Waals surface area (Å²) in [4.78, 5) is 4.41. The Morgan fingerprint density at radius 3 is 2.56 bits per heavy atom. The zero-order valence-corrected chi connectivity index (χ0v) is 11.0. The van der Waals surface area contributed by atoms with Crippen LogP contribution in [0.4, 0.5) is 0 Å². The Kier molecular flexibility index (Phi) is 4.47. The Labute approximate surface area is 97.8 Å². The molecule has 1 aromatic rings. The third kappa shape index (κ3) is 4.31. The Hall–Kier alpha value is -0.900. The zero-order chi connectivity index (χ0) is 12.2. The van der Waals surface area contributed by atoms with Crippen LogP contribution in [0, 0.1) is 5.41 Å². The maximum atomic E-state index is 5.24. The molecule has 4 nitrogen and oxygen atoms in total. The average Bonchev–Trinajstić information content (AvgIpc) is 2.59. The van der Waals surface area contributed by atoms with E-state index in [2.05, 4.69) is 43.2 Å². The van der Waals surface area contributed by atoms with E-state index in [1.54, 1.807) is 0 Å². The van der Waals surface area contributed by atoms with Gasteiger partial charge in [-0.1, -0.05) is 32.9 Å². The number of rotatable bonds is 5. The quantitative estimate of drug-likeness (QED) is 0.834. The van der Waals surface area contributed by atoms with Crippen LogP contribution in [0.5, 0.6) is 0 Å². The molecule has 1 N–H and O–H groups in total. The van der Waals surface area contributed by atoms with E-state index in [0.29, 0.717) is 6.04 Å². The Morgan fingerprint density at radius 1 is 1.38 bits per heavy atom. The maximum Gasteiger partial charge on any atom is 0.228 e. The fourth-order valence-corrected chi connectivity index (χ4v) is 1.58. The van der Waals surface area contributed by atoms with Crippen molar-refractivity contribution in [3.05, 3.63) is 11.7 Å². The highest BCUT2D eigenvalue weighted by Crippen LogP contribution is 2.18. The molecule has 1 atom stereocenters. The van der Waals surface area contributed by atoms with E-state index in [0.717, 1.165) is 31.0 Å². The Bertz CT molecular complexity index is 310. The van der Waals surface area contributed by atoms with Crippen molar-refractivity contribution in [2.45, 2.75) is 53.0 Å². The molecular weight excluding hydrogens is 202 g/mol. The number of likely N-dealkylation sites (N-methyl/N-ethyl adjacent to an activating group) is 1. The smallest absolute Gasteiger partial charge is 0.228 e. The molecule has 4 heteroatoms. The highest BCUT2D eigenvalue weighted by molar-refractivity contribution is 4.92. The van der Waals surface area contributed by atoms with Crippen LogP contribution in [0.2, 0.25) is 0 Å². The molecule has 1 rings (SSSR count). The summed E-state index contributed by atoms with van der Waals surface area (Å²) in [6, 6.07) is 0.419. The molecule has 0 radical (unpaired) electrons. The summed E-state index contributed by atoms with van der Waals surface area (Å²) in [5.41, 5.74) is 0.203. The van der Waals surface area contributed by atoms with Gasteiger partial charge in [0.25, 0.3) is 0 Å². The van der Waals surface area contributed by atoms with Crippen LogP contribution in [0.3, 0.4) is 0 Å². The van der Waals surface area contributed by atoms with Crippen molar-refractivity contribution in [1.82, 2.24) is 15.5 Å². The van der Waals surface area contributed by atoms with Crippen LogP contribution in [0.15, 0.2) is 4.52 Å². The lowest BCUT2D eigenvalue weighted by atomic mass is 9.92. The van der Waals surface area contributed by atoms with Crippen LogP contribution in [-0.2, 0) is 12.8 Å². The van der Waals surface area contributed by atoms with Gasteiger partial charge >= 0.3 is 0 Å².